The van der Waals surface area contributed by atoms with Crippen LogP contribution in [0.4, 0.5) is 4.39 Å². The molecule has 26 heavy (non-hydrogen) atoms. The van der Waals surface area contributed by atoms with E-state index in [1.165, 1.54) is 24.4 Å². The minimum Gasteiger partial charge on any atom is -0.488 e. The molecule has 0 atom stereocenters. The first-order valence-corrected chi connectivity index (χ1v) is 8.07. The van der Waals surface area contributed by atoms with Crippen molar-refractivity contribution in [3.05, 3.63) is 101 Å². The highest BCUT2D eigenvalue weighted by Gasteiger charge is 2.05. The van der Waals surface area contributed by atoms with E-state index < -0.39 is 11.7 Å². The van der Waals surface area contributed by atoms with Crippen molar-refractivity contribution < 1.29 is 13.9 Å². The summed E-state index contributed by atoms with van der Waals surface area (Å²) in [7, 11) is 0. The smallest absolute Gasteiger partial charge is 0.271 e. The highest BCUT2D eigenvalue weighted by atomic mass is 19.1. The number of halogens is 1. The Balaban J connectivity index is 1.64. The largest absolute Gasteiger partial charge is 0.488 e. The molecule has 1 N–H and O–H groups in total. The Morgan fingerprint density at radius 3 is 2.58 bits per heavy atom. The van der Waals surface area contributed by atoms with Gasteiger partial charge in [-0.25, -0.2) is 9.82 Å². The standard InChI is InChI=1S/C21H17FN2O2/c22-19-11-6-10-17(13-19)21(25)24-23-14-18-9-4-5-12-20(18)26-15-16-7-2-1-3-8-16/h1-14H,15H2,(H,24,25). The number of hydrogen-bond donors (Lipinski definition) is 1. The van der Waals surface area contributed by atoms with Gasteiger partial charge in [-0.05, 0) is 35.9 Å². The third kappa shape index (κ3) is 4.77. The molecule has 3 rings (SSSR count). The van der Waals surface area contributed by atoms with E-state index in [-0.39, 0.29) is 5.56 Å². The van der Waals surface area contributed by atoms with E-state index in [4.69, 9.17) is 4.74 Å². The number of carbonyl (C=O) groups is 1. The zero-order chi connectivity index (χ0) is 18.2. The molecule has 0 spiro atoms. The van der Waals surface area contributed by atoms with Crippen LogP contribution in [0.1, 0.15) is 21.5 Å². The fraction of sp³-hybridized carbons (Fsp3) is 0.0476. The Bertz CT molecular complexity index is 911. The van der Waals surface area contributed by atoms with Crippen LogP contribution in [0.15, 0.2) is 84.0 Å². The summed E-state index contributed by atoms with van der Waals surface area (Å²) >= 11 is 0. The van der Waals surface area contributed by atoms with Gasteiger partial charge in [0, 0.05) is 11.1 Å². The Labute approximate surface area is 150 Å². The second-order valence-electron chi connectivity index (χ2n) is 5.52. The van der Waals surface area contributed by atoms with Crippen LogP contribution in [0.25, 0.3) is 0 Å². The topological polar surface area (TPSA) is 50.7 Å². The van der Waals surface area contributed by atoms with Crippen LogP contribution in [0, 0.1) is 5.82 Å². The Hall–Kier alpha value is -3.47. The van der Waals surface area contributed by atoms with Crippen molar-refractivity contribution >= 4 is 12.1 Å². The van der Waals surface area contributed by atoms with E-state index in [2.05, 4.69) is 10.5 Å². The second-order valence-corrected chi connectivity index (χ2v) is 5.52. The maximum atomic E-state index is 13.2. The van der Waals surface area contributed by atoms with Crippen molar-refractivity contribution in [3.63, 3.8) is 0 Å². The summed E-state index contributed by atoms with van der Waals surface area (Å²) in [6.07, 6.45) is 1.50. The number of ether oxygens (including phenoxy) is 1. The first-order valence-electron chi connectivity index (χ1n) is 8.07. The highest BCUT2D eigenvalue weighted by molar-refractivity contribution is 5.95. The van der Waals surface area contributed by atoms with Crippen LogP contribution >= 0.6 is 0 Å². The first kappa shape index (κ1) is 17.4. The van der Waals surface area contributed by atoms with Crippen molar-refractivity contribution in [1.82, 2.24) is 5.43 Å². The van der Waals surface area contributed by atoms with Gasteiger partial charge in [0.1, 0.15) is 18.2 Å². The lowest BCUT2D eigenvalue weighted by Crippen LogP contribution is -2.17. The van der Waals surface area contributed by atoms with E-state index in [0.29, 0.717) is 12.4 Å². The average molecular weight is 348 g/mol. The summed E-state index contributed by atoms with van der Waals surface area (Å²) in [6, 6.07) is 22.6. The van der Waals surface area contributed by atoms with Crippen LogP contribution in [0.2, 0.25) is 0 Å². The maximum absolute atomic E-state index is 13.2. The predicted molar refractivity (Wildman–Crippen MR) is 98.7 cm³/mol. The average Bonchev–Trinajstić information content (AvgIpc) is 2.68. The minimum atomic E-state index is -0.483. The summed E-state index contributed by atoms with van der Waals surface area (Å²) in [6.45, 7) is 0.432. The van der Waals surface area contributed by atoms with Gasteiger partial charge in [-0.2, -0.15) is 5.10 Å². The molecule has 0 aliphatic carbocycles. The van der Waals surface area contributed by atoms with Gasteiger partial charge in [-0.15, -0.1) is 0 Å². The van der Waals surface area contributed by atoms with Crippen molar-refractivity contribution in [3.8, 4) is 5.75 Å². The molecule has 3 aromatic carbocycles. The minimum absolute atomic E-state index is 0.204. The number of benzene rings is 3. The zero-order valence-electron chi connectivity index (χ0n) is 13.9. The van der Waals surface area contributed by atoms with Gasteiger partial charge in [0.05, 0.1) is 6.21 Å². The van der Waals surface area contributed by atoms with Gasteiger partial charge >= 0.3 is 0 Å². The lowest BCUT2D eigenvalue weighted by Gasteiger charge is -2.09. The monoisotopic (exact) mass is 348 g/mol. The molecule has 3 aromatic rings. The number of amides is 1. The third-order valence-electron chi connectivity index (χ3n) is 3.61. The molecule has 0 fully saturated rings. The number of nitrogens with one attached hydrogen (secondary N) is 1. The van der Waals surface area contributed by atoms with E-state index in [1.54, 1.807) is 0 Å². The number of carbonyl (C=O) groups excluding carboxylic acids is 1. The SMILES string of the molecule is O=C(NN=Cc1ccccc1OCc1ccccc1)c1cccc(F)c1. The lowest BCUT2D eigenvalue weighted by atomic mass is 10.2. The Morgan fingerprint density at radius 1 is 1.00 bits per heavy atom. The van der Waals surface area contributed by atoms with Crippen molar-refractivity contribution in [2.24, 2.45) is 5.10 Å². The van der Waals surface area contributed by atoms with Gasteiger partial charge in [0.2, 0.25) is 0 Å². The summed E-state index contributed by atoms with van der Waals surface area (Å²) in [5.74, 6) is -0.301. The molecule has 0 aliphatic rings. The fourth-order valence-corrected chi connectivity index (χ4v) is 2.31. The highest BCUT2D eigenvalue weighted by Crippen LogP contribution is 2.17. The molecule has 0 bridgehead atoms. The van der Waals surface area contributed by atoms with Crippen molar-refractivity contribution in [1.29, 1.82) is 0 Å². The molecule has 4 nitrogen and oxygen atoms in total. The lowest BCUT2D eigenvalue weighted by molar-refractivity contribution is 0.0954. The van der Waals surface area contributed by atoms with E-state index in [0.717, 1.165) is 17.2 Å². The van der Waals surface area contributed by atoms with Crippen LogP contribution in [-0.2, 0) is 6.61 Å². The number of nitrogens with zero attached hydrogens (tertiary/aromatic N) is 1. The van der Waals surface area contributed by atoms with Crippen LogP contribution < -0.4 is 10.2 Å². The molecule has 0 unspecified atom stereocenters. The summed E-state index contributed by atoms with van der Waals surface area (Å²) in [5, 5.41) is 3.94. The molecule has 0 aromatic heterocycles. The van der Waals surface area contributed by atoms with E-state index in [9.17, 15) is 9.18 Å². The second kappa shape index (κ2) is 8.58. The predicted octanol–water partition coefficient (Wildman–Crippen LogP) is 4.17. The molecular formula is C21H17FN2O2. The number of para-hydroxylation sites is 1. The molecular weight excluding hydrogens is 331 g/mol. The van der Waals surface area contributed by atoms with E-state index in [1.807, 2.05) is 54.6 Å². The molecule has 0 heterocycles. The quantitative estimate of drug-likeness (QED) is 0.537. The van der Waals surface area contributed by atoms with Crippen LogP contribution in [-0.4, -0.2) is 12.1 Å². The summed E-state index contributed by atoms with van der Waals surface area (Å²) in [5.41, 5.74) is 4.37. The first-order chi connectivity index (χ1) is 12.7. The molecule has 0 radical (unpaired) electrons. The molecule has 0 aliphatic heterocycles. The summed E-state index contributed by atoms with van der Waals surface area (Å²) in [4.78, 5) is 12.0. The normalized spacial score (nSPS) is 10.7. The third-order valence-corrected chi connectivity index (χ3v) is 3.61. The molecule has 0 saturated carbocycles. The number of hydrazone groups is 1. The molecule has 5 heteroatoms. The van der Waals surface area contributed by atoms with Crippen molar-refractivity contribution in [2.75, 3.05) is 0 Å². The molecule has 0 saturated heterocycles. The molecule has 130 valence electrons. The maximum Gasteiger partial charge on any atom is 0.271 e. The number of hydrogen-bond acceptors (Lipinski definition) is 3. The Kier molecular flexibility index (Phi) is 5.72. The van der Waals surface area contributed by atoms with Gasteiger partial charge in [0.25, 0.3) is 5.91 Å². The van der Waals surface area contributed by atoms with Gasteiger partial charge in [-0.3, -0.25) is 4.79 Å². The fourth-order valence-electron chi connectivity index (χ4n) is 2.31. The zero-order valence-corrected chi connectivity index (χ0v) is 13.9. The Morgan fingerprint density at radius 2 is 1.77 bits per heavy atom. The summed E-state index contributed by atoms with van der Waals surface area (Å²) < 4.78 is 19.0. The van der Waals surface area contributed by atoms with Crippen LogP contribution in [0.5, 0.6) is 5.75 Å². The van der Waals surface area contributed by atoms with Gasteiger partial charge in [0.15, 0.2) is 0 Å². The van der Waals surface area contributed by atoms with Gasteiger partial charge in [-0.1, -0.05) is 48.5 Å². The van der Waals surface area contributed by atoms with Gasteiger partial charge < -0.3 is 4.74 Å². The van der Waals surface area contributed by atoms with Crippen LogP contribution in [0.3, 0.4) is 0 Å². The number of rotatable bonds is 6. The van der Waals surface area contributed by atoms with E-state index >= 15 is 0 Å². The molecule has 1 amide bonds. The van der Waals surface area contributed by atoms with Crippen molar-refractivity contribution in [2.45, 2.75) is 6.61 Å².